The average molecular weight is 627 g/mol. The van der Waals surface area contributed by atoms with Crippen LogP contribution in [0, 0.1) is 11.7 Å². The van der Waals surface area contributed by atoms with E-state index in [1.807, 2.05) is 0 Å². The highest BCUT2D eigenvalue weighted by Crippen LogP contribution is 2.46. The number of carboxylic acids is 1. The molecule has 2 fully saturated rings. The molecule has 0 bridgehead atoms. The number of alkyl halides is 2. The fraction of sp³-hybridized carbons (Fsp3) is 0.360. The molecule has 0 amide bonds. The van der Waals surface area contributed by atoms with Crippen molar-refractivity contribution in [2.24, 2.45) is 10.9 Å². The van der Waals surface area contributed by atoms with E-state index in [0.29, 0.717) is 32.4 Å². The molecule has 2 atom stereocenters. The molecule has 1 aliphatic carbocycles. The van der Waals surface area contributed by atoms with Crippen molar-refractivity contribution in [2.75, 3.05) is 6.54 Å². The second-order valence-electron chi connectivity index (χ2n) is 9.98. The van der Waals surface area contributed by atoms with Crippen molar-refractivity contribution in [3.63, 3.8) is 0 Å². The molecule has 2 aliphatic heterocycles. The summed E-state index contributed by atoms with van der Waals surface area (Å²) < 4.78 is 70.4. The van der Waals surface area contributed by atoms with E-state index in [4.69, 9.17) is 21.7 Å². The van der Waals surface area contributed by atoms with Crippen LogP contribution in [0.2, 0.25) is 5.02 Å². The van der Waals surface area contributed by atoms with E-state index in [2.05, 4.69) is 14.8 Å². The van der Waals surface area contributed by atoms with Gasteiger partial charge in [0.25, 0.3) is 0 Å². The second-order valence-corrected chi connectivity index (χ2v) is 13.3. The molecule has 10 nitrogen and oxygen atoms in total. The van der Waals surface area contributed by atoms with Crippen LogP contribution in [0.25, 0.3) is 5.57 Å². The van der Waals surface area contributed by atoms with Gasteiger partial charge in [0.05, 0.1) is 16.9 Å². The molecule has 1 saturated heterocycles. The van der Waals surface area contributed by atoms with Crippen LogP contribution in [0.1, 0.15) is 48.1 Å². The van der Waals surface area contributed by atoms with Crippen LogP contribution in [0.3, 0.4) is 0 Å². The normalized spacial score (nSPS) is 24.4. The summed E-state index contributed by atoms with van der Waals surface area (Å²) in [5, 5.41) is 14.8. The summed E-state index contributed by atoms with van der Waals surface area (Å²) in [5.74, 6) is -1.86. The first-order chi connectivity index (χ1) is 19.5. The zero-order valence-electron chi connectivity index (χ0n) is 21.0. The van der Waals surface area contributed by atoms with Gasteiger partial charge in [0.2, 0.25) is 10.0 Å². The molecule has 16 heteroatoms. The first kappa shape index (κ1) is 27.9. The Morgan fingerprint density at radius 2 is 2.02 bits per heavy atom. The highest BCUT2D eigenvalue weighted by Gasteiger charge is 2.46. The van der Waals surface area contributed by atoms with Gasteiger partial charge in [0.15, 0.2) is 10.8 Å². The summed E-state index contributed by atoms with van der Waals surface area (Å²) in [6, 6.07) is 3.72. The number of aliphatic carboxylic acids is 1. The maximum Gasteiger partial charge on any atom is 0.333 e. The average Bonchev–Trinajstić information content (AvgIpc) is 3.62. The molecule has 216 valence electrons. The molecule has 1 saturated carbocycles. The Hall–Kier alpha value is -3.27. The third-order valence-electron chi connectivity index (χ3n) is 7.44. The predicted molar refractivity (Wildman–Crippen MR) is 145 cm³/mol. The monoisotopic (exact) mass is 626 g/mol. The van der Waals surface area contributed by atoms with Gasteiger partial charge in [-0.3, -0.25) is 9.79 Å². The number of halogens is 4. The van der Waals surface area contributed by atoms with Gasteiger partial charge in [0.1, 0.15) is 11.9 Å². The lowest BCUT2D eigenvalue weighted by atomic mass is 9.85. The number of fused-ring (bicyclic) bond motifs is 1. The van der Waals surface area contributed by atoms with Crippen LogP contribution in [0.4, 0.5) is 13.2 Å². The minimum absolute atomic E-state index is 0.0249. The SMILES string of the molecule is O=C(O)C1CC(S(=O)(=O)N[C@H]2CC3=C(c4ccn(C(F)F)n4)[C@H](c4ccc(F)cc4Cl)N=C(c4nccs4)N3C2)C1. The van der Waals surface area contributed by atoms with Crippen molar-refractivity contribution in [3.05, 3.63) is 74.8 Å². The quantitative estimate of drug-likeness (QED) is 0.381. The smallest absolute Gasteiger partial charge is 0.333 e. The number of sulfonamides is 1. The highest BCUT2D eigenvalue weighted by molar-refractivity contribution is 7.90. The number of aromatic nitrogens is 3. The number of rotatable bonds is 8. The van der Waals surface area contributed by atoms with Crippen LogP contribution in [0.5, 0.6) is 0 Å². The minimum atomic E-state index is -3.85. The third-order valence-corrected chi connectivity index (χ3v) is 10.5. The standard InChI is InChI=1S/C25H22ClF3N6O4S2/c26-17-9-13(27)1-2-16(17)21-20(18-3-5-35(32-18)25(28)29)19-10-14(11-34(19)22(31-21)23-30-4-6-40-23)33-41(38,39)15-7-12(8-15)24(36)37/h1-6,9,12,14-15,21,25,33H,7-8,10-11H2,(H,36,37)/t12?,14-,15?,21-/m0/s1. The van der Waals surface area contributed by atoms with Gasteiger partial charge in [0, 0.05) is 58.6 Å². The van der Waals surface area contributed by atoms with Crippen molar-refractivity contribution < 1.29 is 31.5 Å². The van der Waals surface area contributed by atoms with Gasteiger partial charge < -0.3 is 10.0 Å². The molecular formula is C25H22ClF3N6O4S2. The maximum absolute atomic E-state index is 14.0. The van der Waals surface area contributed by atoms with E-state index >= 15 is 0 Å². The summed E-state index contributed by atoms with van der Waals surface area (Å²) in [5.41, 5.74) is 1.60. The molecule has 4 heterocycles. The topological polar surface area (TPSA) is 130 Å². The number of amidine groups is 1. The van der Waals surface area contributed by atoms with Crippen LogP contribution in [-0.2, 0) is 14.8 Å². The van der Waals surface area contributed by atoms with Gasteiger partial charge >= 0.3 is 12.5 Å². The lowest BCUT2D eigenvalue weighted by Crippen LogP contribution is -2.49. The van der Waals surface area contributed by atoms with Crippen LogP contribution in [0.15, 0.2) is 52.7 Å². The van der Waals surface area contributed by atoms with E-state index in [0.717, 1.165) is 12.3 Å². The molecule has 2 aromatic heterocycles. The summed E-state index contributed by atoms with van der Waals surface area (Å²) >= 11 is 7.77. The van der Waals surface area contributed by atoms with Crippen molar-refractivity contribution in [2.45, 2.75) is 43.1 Å². The fourth-order valence-electron chi connectivity index (χ4n) is 5.38. The van der Waals surface area contributed by atoms with Gasteiger partial charge in [-0.05, 0) is 31.0 Å². The van der Waals surface area contributed by atoms with Crippen LogP contribution >= 0.6 is 22.9 Å². The molecule has 0 spiro atoms. The summed E-state index contributed by atoms with van der Waals surface area (Å²) in [7, 11) is -3.85. The number of hydrogen-bond acceptors (Lipinski definition) is 8. The number of aliphatic imine (C=N–C) groups is 1. The molecule has 0 radical (unpaired) electrons. The Balaban J connectivity index is 1.43. The summed E-state index contributed by atoms with van der Waals surface area (Å²) in [6.45, 7) is -2.73. The lowest BCUT2D eigenvalue weighted by Gasteiger charge is -2.33. The van der Waals surface area contributed by atoms with Gasteiger partial charge in [-0.1, -0.05) is 17.7 Å². The van der Waals surface area contributed by atoms with Crippen molar-refractivity contribution >= 4 is 50.3 Å². The first-order valence-corrected chi connectivity index (χ1v) is 15.3. The Bertz CT molecular complexity index is 1670. The molecule has 6 rings (SSSR count). The number of carboxylic acid groups (broad SMARTS) is 1. The maximum atomic E-state index is 14.0. The summed E-state index contributed by atoms with van der Waals surface area (Å²) in [6.07, 6.45) is 2.93. The number of carbonyl (C=O) groups is 1. The number of nitrogens with zero attached hydrogens (tertiary/aromatic N) is 5. The first-order valence-electron chi connectivity index (χ1n) is 12.5. The minimum Gasteiger partial charge on any atom is -0.481 e. The lowest BCUT2D eigenvalue weighted by molar-refractivity contribution is -0.144. The van der Waals surface area contributed by atoms with Crippen molar-refractivity contribution in [1.82, 2.24) is 24.4 Å². The highest BCUT2D eigenvalue weighted by atomic mass is 35.5. The van der Waals surface area contributed by atoms with E-state index in [-0.39, 0.29) is 36.5 Å². The molecule has 1 aromatic carbocycles. The van der Waals surface area contributed by atoms with Crippen LogP contribution < -0.4 is 4.72 Å². The van der Waals surface area contributed by atoms with Gasteiger partial charge in [-0.15, -0.1) is 11.3 Å². The molecule has 3 aromatic rings. The fourth-order valence-corrected chi connectivity index (χ4v) is 8.08. The number of benzene rings is 1. The molecule has 41 heavy (non-hydrogen) atoms. The molecular weight excluding hydrogens is 605 g/mol. The number of thiazole rings is 1. The second kappa shape index (κ2) is 10.5. The van der Waals surface area contributed by atoms with E-state index in [9.17, 15) is 26.4 Å². The Morgan fingerprint density at radius 1 is 1.24 bits per heavy atom. The Labute approximate surface area is 241 Å². The Morgan fingerprint density at radius 3 is 2.66 bits per heavy atom. The third kappa shape index (κ3) is 5.15. The summed E-state index contributed by atoms with van der Waals surface area (Å²) in [4.78, 5) is 22.3. The van der Waals surface area contributed by atoms with Crippen molar-refractivity contribution in [3.8, 4) is 0 Å². The van der Waals surface area contributed by atoms with Crippen molar-refractivity contribution in [1.29, 1.82) is 0 Å². The zero-order valence-corrected chi connectivity index (χ0v) is 23.4. The van der Waals surface area contributed by atoms with E-state index in [1.165, 1.54) is 29.5 Å². The molecule has 2 N–H and O–H groups in total. The molecule has 3 aliphatic rings. The largest absolute Gasteiger partial charge is 0.481 e. The van der Waals surface area contributed by atoms with E-state index in [1.54, 1.807) is 16.5 Å². The van der Waals surface area contributed by atoms with Gasteiger partial charge in [-0.25, -0.2) is 27.2 Å². The van der Waals surface area contributed by atoms with E-state index < -0.39 is 51.6 Å². The number of nitrogens with one attached hydrogen (secondary N) is 1. The Kier molecular flexibility index (Phi) is 7.16. The van der Waals surface area contributed by atoms with Gasteiger partial charge in [-0.2, -0.15) is 13.9 Å². The van der Waals surface area contributed by atoms with Crippen LogP contribution in [-0.4, -0.2) is 62.8 Å². The zero-order chi connectivity index (χ0) is 29.1. The predicted octanol–water partition coefficient (Wildman–Crippen LogP) is 4.30. The number of hydrogen-bond donors (Lipinski definition) is 2. The molecule has 0 unspecified atom stereocenters.